The highest BCUT2D eigenvalue weighted by Gasteiger charge is 2.17. The molecule has 1 unspecified atom stereocenters. The van der Waals surface area contributed by atoms with Crippen LogP contribution in [0.4, 0.5) is 5.69 Å². The number of hydrogen-bond donors (Lipinski definition) is 1. The Hall–Kier alpha value is -1.53. The summed E-state index contributed by atoms with van der Waals surface area (Å²) in [6.07, 6.45) is 3.46. The van der Waals surface area contributed by atoms with Crippen molar-refractivity contribution in [2.75, 3.05) is 16.7 Å². The molecule has 0 fully saturated rings. The SMILES string of the molecule is CSc1ccc(NS(=O)(=O)CC(C)c2ccccc2)cn1. The summed E-state index contributed by atoms with van der Waals surface area (Å²) in [6.45, 7) is 1.91. The number of nitrogens with zero attached hydrogens (tertiary/aromatic N) is 1. The Balaban J connectivity index is 2.04. The fourth-order valence-corrected chi connectivity index (χ4v) is 3.77. The summed E-state index contributed by atoms with van der Waals surface area (Å²) in [7, 11) is -3.40. The molecule has 0 amide bonds. The first kappa shape index (κ1) is 15.9. The molecule has 1 heterocycles. The van der Waals surface area contributed by atoms with Crippen LogP contribution in [0.2, 0.25) is 0 Å². The van der Waals surface area contributed by atoms with E-state index in [2.05, 4.69) is 9.71 Å². The minimum absolute atomic E-state index is 0.0429. The Kier molecular flexibility index (Phi) is 5.25. The van der Waals surface area contributed by atoms with E-state index in [1.54, 1.807) is 12.1 Å². The molecule has 0 aliphatic carbocycles. The number of sulfonamides is 1. The van der Waals surface area contributed by atoms with Gasteiger partial charge in [-0.05, 0) is 29.9 Å². The summed E-state index contributed by atoms with van der Waals surface area (Å²) in [5.74, 6) is -0.0245. The molecule has 1 N–H and O–H groups in total. The van der Waals surface area contributed by atoms with Gasteiger partial charge in [0.25, 0.3) is 0 Å². The number of pyridine rings is 1. The van der Waals surface area contributed by atoms with Gasteiger partial charge in [-0.3, -0.25) is 4.72 Å². The molecule has 0 spiro atoms. The van der Waals surface area contributed by atoms with E-state index in [1.165, 1.54) is 18.0 Å². The highest BCUT2D eigenvalue weighted by Crippen LogP contribution is 2.19. The zero-order valence-corrected chi connectivity index (χ0v) is 13.6. The largest absolute Gasteiger partial charge is 0.282 e. The number of nitrogens with one attached hydrogen (secondary N) is 1. The van der Waals surface area contributed by atoms with E-state index in [1.807, 2.05) is 43.5 Å². The molecule has 1 atom stereocenters. The summed E-state index contributed by atoms with van der Waals surface area (Å²) in [4.78, 5) is 4.15. The predicted octanol–water partition coefficient (Wildman–Crippen LogP) is 3.35. The quantitative estimate of drug-likeness (QED) is 0.829. The van der Waals surface area contributed by atoms with Crippen molar-refractivity contribution in [3.05, 3.63) is 54.2 Å². The van der Waals surface area contributed by atoms with Crippen LogP contribution in [-0.4, -0.2) is 25.4 Å². The molecule has 2 rings (SSSR count). The molecule has 1 aromatic carbocycles. The summed E-state index contributed by atoms with van der Waals surface area (Å²) < 4.78 is 27.0. The molecule has 0 saturated heterocycles. The van der Waals surface area contributed by atoms with Crippen LogP contribution in [0.1, 0.15) is 18.4 Å². The van der Waals surface area contributed by atoms with Crippen LogP contribution in [-0.2, 0) is 10.0 Å². The lowest BCUT2D eigenvalue weighted by Gasteiger charge is -2.13. The molecular weight excluding hydrogens is 304 g/mol. The van der Waals surface area contributed by atoms with Crippen LogP contribution in [0.15, 0.2) is 53.7 Å². The van der Waals surface area contributed by atoms with Crippen molar-refractivity contribution in [1.29, 1.82) is 0 Å². The highest BCUT2D eigenvalue weighted by atomic mass is 32.2. The van der Waals surface area contributed by atoms with Crippen LogP contribution < -0.4 is 4.72 Å². The van der Waals surface area contributed by atoms with Gasteiger partial charge in [0.2, 0.25) is 10.0 Å². The van der Waals surface area contributed by atoms with Crippen molar-refractivity contribution in [3.8, 4) is 0 Å². The molecule has 112 valence electrons. The van der Waals surface area contributed by atoms with Gasteiger partial charge in [-0.2, -0.15) is 0 Å². The lowest BCUT2D eigenvalue weighted by Crippen LogP contribution is -2.20. The summed E-state index contributed by atoms with van der Waals surface area (Å²) in [5, 5.41) is 0.857. The van der Waals surface area contributed by atoms with E-state index in [9.17, 15) is 8.42 Å². The average molecular weight is 322 g/mol. The van der Waals surface area contributed by atoms with Gasteiger partial charge >= 0.3 is 0 Å². The van der Waals surface area contributed by atoms with Gasteiger partial charge in [0, 0.05) is 0 Å². The lowest BCUT2D eigenvalue weighted by atomic mass is 10.0. The topological polar surface area (TPSA) is 59.1 Å². The Morgan fingerprint density at radius 3 is 2.48 bits per heavy atom. The zero-order chi connectivity index (χ0) is 15.3. The number of thioether (sulfide) groups is 1. The van der Waals surface area contributed by atoms with Crippen molar-refractivity contribution in [1.82, 2.24) is 4.98 Å². The van der Waals surface area contributed by atoms with Gasteiger partial charge in [0.1, 0.15) is 0 Å². The fourth-order valence-electron chi connectivity index (χ4n) is 1.99. The van der Waals surface area contributed by atoms with Crippen molar-refractivity contribution >= 4 is 27.5 Å². The van der Waals surface area contributed by atoms with Gasteiger partial charge in [0.05, 0.1) is 22.7 Å². The number of rotatable bonds is 6. The fraction of sp³-hybridized carbons (Fsp3) is 0.267. The first-order chi connectivity index (χ1) is 10.00. The first-order valence-corrected chi connectivity index (χ1v) is 9.43. The standard InChI is InChI=1S/C15H18N2O2S2/c1-12(13-6-4-3-5-7-13)11-21(18,19)17-14-8-9-15(20-2)16-10-14/h3-10,12,17H,11H2,1-2H3. The number of hydrogen-bond acceptors (Lipinski definition) is 4. The van der Waals surface area contributed by atoms with Gasteiger partial charge < -0.3 is 0 Å². The van der Waals surface area contributed by atoms with Crippen molar-refractivity contribution < 1.29 is 8.42 Å². The van der Waals surface area contributed by atoms with Crippen LogP contribution in [0.5, 0.6) is 0 Å². The van der Waals surface area contributed by atoms with Gasteiger partial charge in [-0.15, -0.1) is 11.8 Å². The summed E-state index contributed by atoms with van der Waals surface area (Å²) in [6, 6.07) is 13.1. The molecule has 0 aliphatic rings. The van der Waals surface area contributed by atoms with Crippen molar-refractivity contribution in [2.24, 2.45) is 0 Å². The van der Waals surface area contributed by atoms with Crippen molar-refractivity contribution in [2.45, 2.75) is 17.9 Å². The molecule has 0 radical (unpaired) electrons. The second kappa shape index (κ2) is 6.95. The van der Waals surface area contributed by atoms with Crippen LogP contribution in [0.3, 0.4) is 0 Å². The average Bonchev–Trinajstić information content (AvgIpc) is 2.48. The number of anilines is 1. The molecule has 21 heavy (non-hydrogen) atoms. The molecule has 0 aliphatic heterocycles. The molecule has 1 aromatic heterocycles. The zero-order valence-electron chi connectivity index (χ0n) is 12.0. The number of benzene rings is 1. The van der Waals surface area contributed by atoms with Crippen LogP contribution in [0.25, 0.3) is 0 Å². The Bertz CT molecular complexity index is 671. The van der Waals surface area contributed by atoms with Crippen LogP contribution >= 0.6 is 11.8 Å². The molecule has 6 heteroatoms. The van der Waals surface area contributed by atoms with E-state index in [0.717, 1.165) is 10.6 Å². The van der Waals surface area contributed by atoms with E-state index in [4.69, 9.17) is 0 Å². The van der Waals surface area contributed by atoms with E-state index >= 15 is 0 Å². The second-order valence-electron chi connectivity index (χ2n) is 4.78. The highest BCUT2D eigenvalue weighted by molar-refractivity contribution is 7.98. The first-order valence-electron chi connectivity index (χ1n) is 6.55. The van der Waals surface area contributed by atoms with Gasteiger partial charge in [0.15, 0.2) is 0 Å². The molecule has 4 nitrogen and oxygen atoms in total. The second-order valence-corrected chi connectivity index (χ2v) is 7.38. The lowest BCUT2D eigenvalue weighted by molar-refractivity contribution is 0.595. The van der Waals surface area contributed by atoms with E-state index in [-0.39, 0.29) is 11.7 Å². The van der Waals surface area contributed by atoms with Crippen LogP contribution in [0, 0.1) is 0 Å². The van der Waals surface area contributed by atoms with Crippen molar-refractivity contribution in [3.63, 3.8) is 0 Å². The van der Waals surface area contributed by atoms with E-state index in [0.29, 0.717) is 5.69 Å². The normalized spacial score (nSPS) is 12.9. The van der Waals surface area contributed by atoms with Gasteiger partial charge in [-0.25, -0.2) is 13.4 Å². The minimum Gasteiger partial charge on any atom is -0.282 e. The summed E-state index contributed by atoms with van der Waals surface area (Å²) in [5.41, 5.74) is 1.51. The molecule has 0 saturated carbocycles. The van der Waals surface area contributed by atoms with E-state index < -0.39 is 10.0 Å². The number of aromatic nitrogens is 1. The van der Waals surface area contributed by atoms with Gasteiger partial charge in [-0.1, -0.05) is 37.3 Å². The third kappa shape index (κ3) is 4.75. The minimum atomic E-state index is -3.40. The monoisotopic (exact) mass is 322 g/mol. The Morgan fingerprint density at radius 1 is 1.19 bits per heavy atom. The molecule has 2 aromatic rings. The maximum absolute atomic E-state index is 12.2. The molecular formula is C15H18N2O2S2. The third-order valence-electron chi connectivity index (χ3n) is 3.06. The maximum Gasteiger partial charge on any atom is 0.233 e. The predicted molar refractivity (Wildman–Crippen MR) is 88.3 cm³/mol. The summed E-state index contributed by atoms with van der Waals surface area (Å²) >= 11 is 1.52. The third-order valence-corrected chi connectivity index (χ3v) is 5.20. The Morgan fingerprint density at radius 2 is 1.90 bits per heavy atom. The maximum atomic E-state index is 12.2. The molecule has 0 bridgehead atoms. The Labute approximate surface area is 130 Å². The smallest absolute Gasteiger partial charge is 0.233 e.